The summed E-state index contributed by atoms with van der Waals surface area (Å²) >= 11 is 6.10. The second-order valence-corrected chi connectivity index (χ2v) is 3.99. The molecule has 0 atom stereocenters. The number of rotatable bonds is 4. The van der Waals surface area contributed by atoms with Crippen LogP contribution in [0.2, 0.25) is 5.02 Å². The Kier molecular flexibility index (Phi) is 4.02. The zero-order chi connectivity index (χ0) is 13.0. The van der Waals surface area contributed by atoms with Crippen LogP contribution in [-0.2, 0) is 6.54 Å². The fourth-order valence-electron chi connectivity index (χ4n) is 1.47. The standard InChI is InChI=1S/C13H13ClN2O2/c1-17-12-3-2-6-16-13(12)18-11-5-4-9(8-15)7-10(11)14/h2-7H,8,15H2,1H3. The molecule has 2 aromatic rings. The first-order valence-electron chi connectivity index (χ1n) is 5.40. The Morgan fingerprint density at radius 1 is 1.28 bits per heavy atom. The lowest BCUT2D eigenvalue weighted by atomic mass is 10.2. The van der Waals surface area contributed by atoms with Gasteiger partial charge >= 0.3 is 0 Å². The minimum atomic E-state index is 0.377. The van der Waals surface area contributed by atoms with Crippen LogP contribution in [0.25, 0.3) is 0 Å². The number of halogens is 1. The van der Waals surface area contributed by atoms with Crippen LogP contribution in [0.5, 0.6) is 17.4 Å². The summed E-state index contributed by atoms with van der Waals surface area (Å²) in [6.45, 7) is 0.437. The van der Waals surface area contributed by atoms with E-state index >= 15 is 0 Å². The molecule has 18 heavy (non-hydrogen) atoms. The minimum absolute atomic E-state index is 0.377. The molecule has 0 saturated carbocycles. The van der Waals surface area contributed by atoms with E-state index in [2.05, 4.69) is 4.98 Å². The van der Waals surface area contributed by atoms with Gasteiger partial charge in [0.25, 0.3) is 5.88 Å². The van der Waals surface area contributed by atoms with Crippen LogP contribution in [0.4, 0.5) is 0 Å². The third-order valence-corrected chi connectivity index (χ3v) is 2.69. The van der Waals surface area contributed by atoms with E-state index in [-0.39, 0.29) is 0 Å². The van der Waals surface area contributed by atoms with Crippen LogP contribution in [0, 0.1) is 0 Å². The Morgan fingerprint density at radius 3 is 2.78 bits per heavy atom. The number of nitrogens with two attached hydrogens (primary N) is 1. The lowest BCUT2D eigenvalue weighted by molar-refractivity contribution is 0.369. The predicted molar refractivity (Wildman–Crippen MR) is 70.2 cm³/mol. The van der Waals surface area contributed by atoms with Crippen LogP contribution in [0.15, 0.2) is 36.5 Å². The van der Waals surface area contributed by atoms with Crippen LogP contribution >= 0.6 is 11.6 Å². The molecule has 0 aliphatic heterocycles. The number of nitrogens with zero attached hydrogens (tertiary/aromatic N) is 1. The summed E-state index contributed by atoms with van der Waals surface area (Å²) in [4.78, 5) is 4.10. The fraction of sp³-hybridized carbons (Fsp3) is 0.154. The maximum Gasteiger partial charge on any atom is 0.262 e. The van der Waals surface area contributed by atoms with Crippen molar-refractivity contribution in [3.8, 4) is 17.4 Å². The smallest absolute Gasteiger partial charge is 0.262 e. The molecule has 94 valence electrons. The Labute approximate surface area is 110 Å². The van der Waals surface area contributed by atoms with E-state index in [0.717, 1.165) is 5.56 Å². The number of pyridine rings is 1. The summed E-state index contributed by atoms with van der Waals surface area (Å²) in [6.07, 6.45) is 1.63. The molecule has 0 aliphatic carbocycles. The van der Waals surface area contributed by atoms with Crippen molar-refractivity contribution >= 4 is 11.6 Å². The first kappa shape index (κ1) is 12.7. The van der Waals surface area contributed by atoms with Gasteiger partial charge in [-0.25, -0.2) is 4.98 Å². The molecule has 1 heterocycles. The molecule has 5 heteroatoms. The third kappa shape index (κ3) is 2.72. The average molecular weight is 265 g/mol. The van der Waals surface area contributed by atoms with Crippen molar-refractivity contribution in [3.63, 3.8) is 0 Å². The van der Waals surface area contributed by atoms with Crippen LogP contribution in [-0.4, -0.2) is 12.1 Å². The Bertz CT molecular complexity index is 546. The lowest BCUT2D eigenvalue weighted by Gasteiger charge is -2.10. The number of hydrogen-bond donors (Lipinski definition) is 1. The fourth-order valence-corrected chi connectivity index (χ4v) is 1.71. The molecular formula is C13H13ClN2O2. The predicted octanol–water partition coefficient (Wildman–Crippen LogP) is 2.99. The number of methoxy groups -OCH3 is 1. The molecule has 0 unspecified atom stereocenters. The summed E-state index contributed by atoms with van der Waals surface area (Å²) in [5.41, 5.74) is 6.48. The molecule has 0 fully saturated rings. The minimum Gasteiger partial charge on any atom is -0.491 e. The van der Waals surface area contributed by atoms with Gasteiger partial charge in [-0.15, -0.1) is 0 Å². The Hall–Kier alpha value is -1.78. The van der Waals surface area contributed by atoms with Crippen molar-refractivity contribution in [3.05, 3.63) is 47.1 Å². The monoisotopic (exact) mass is 264 g/mol. The Morgan fingerprint density at radius 2 is 2.11 bits per heavy atom. The first-order valence-corrected chi connectivity index (χ1v) is 5.77. The molecule has 2 rings (SSSR count). The maximum absolute atomic E-state index is 6.10. The summed E-state index contributed by atoms with van der Waals surface area (Å²) < 4.78 is 10.8. The summed E-state index contributed by atoms with van der Waals surface area (Å²) in [5.74, 6) is 1.45. The quantitative estimate of drug-likeness (QED) is 0.922. The topological polar surface area (TPSA) is 57.4 Å². The second-order valence-electron chi connectivity index (χ2n) is 3.58. The average Bonchev–Trinajstić information content (AvgIpc) is 2.41. The van der Waals surface area contributed by atoms with Gasteiger partial charge in [0.1, 0.15) is 5.75 Å². The van der Waals surface area contributed by atoms with E-state index in [1.807, 2.05) is 6.07 Å². The van der Waals surface area contributed by atoms with E-state index in [1.54, 1.807) is 37.6 Å². The zero-order valence-corrected chi connectivity index (χ0v) is 10.6. The molecule has 0 spiro atoms. The molecule has 0 amide bonds. The normalized spacial score (nSPS) is 10.2. The van der Waals surface area contributed by atoms with Gasteiger partial charge in [-0.1, -0.05) is 17.7 Å². The number of benzene rings is 1. The number of ether oxygens (including phenoxy) is 2. The first-order chi connectivity index (χ1) is 8.74. The highest BCUT2D eigenvalue weighted by Gasteiger charge is 2.09. The van der Waals surface area contributed by atoms with Gasteiger partial charge in [-0.05, 0) is 29.8 Å². The van der Waals surface area contributed by atoms with Crippen molar-refractivity contribution < 1.29 is 9.47 Å². The molecule has 0 saturated heterocycles. The molecule has 1 aromatic carbocycles. The highest BCUT2D eigenvalue weighted by atomic mass is 35.5. The SMILES string of the molecule is COc1cccnc1Oc1ccc(CN)cc1Cl. The number of hydrogen-bond acceptors (Lipinski definition) is 4. The maximum atomic E-state index is 6.10. The van der Waals surface area contributed by atoms with Crippen molar-refractivity contribution in [2.45, 2.75) is 6.54 Å². The second kappa shape index (κ2) is 5.71. The highest BCUT2D eigenvalue weighted by molar-refractivity contribution is 6.32. The molecule has 0 bridgehead atoms. The van der Waals surface area contributed by atoms with Crippen LogP contribution < -0.4 is 15.2 Å². The molecule has 0 radical (unpaired) electrons. The van der Waals surface area contributed by atoms with Gasteiger partial charge in [0, 0.05) is 12.7 Å². The van der Waals surface area contributed by atoms with E-state index < -0.39 is 0 Å². The van der Waals surface area contributed by atoms with Crippen molar-refractivity contribution in [1.82, 2.24) is 4.98 Å². The van der Waals surface area contributed by atoms with Gasteiger partial charge in [-0.3, -0.25) is 0 Å². The Balaban J connectivity index is 2.28. The van der Waals surface area contributed by atoms with Crippen LogP contribution in [0.3, 0.4) is 0 Å². The summed E-state index contributed by atoms with van der Waals surface area (Å²) in [7, 11) is 1.56. The van der Waals surface area contributed by atoms with E-state index in [9.17, 15) is 0 Å². The summed E-state index contributed by atoms with van der Waals surface area (Å²) in [6, 6.07) is 8.93. The van der Waals surface area contributed by atoms with E-state index in [4.69, 9.17) is 26.8 Å². The third-order valence-electron chi connectivity index (χ3n) is 2.39. The van der Waals surface area contributed by atoms with Gasteiger partial charge in [0.2, 0.25) is 0 Å². The molecule has 1 aromatic heterocycles. The lowest BCUT2D eigenvalue weighted by Crippen LogP contribution is -1.97. The molecule has 4 nitrogen and oxygen atoms in total. The largest absolute Gasteiger partial charge is 0.491 e. The van der Waals surface area contributed by atoms with Crippen molar-refractivity contribution in [1.29, 1.82) is 0 Å². The van der Waals surface area contributed by atoms with E-state index in [0.29, 0.717) is 28.9 Å². The van der Waals surface area contributed by atoms with Gasteiger partial charge in [-0.2, -0.15) is 0 Å². The molecular weight excluding hydrogens is 252 g/mol. The van der Waals surface area contributed by atoms with E-state index in [1.165, 1.54) is 0 Å². The van der Waals surface area contributed by atoms with Gasteiger partial charge < -0.3 is 15.2 Å². The molecule has 0 aliphatic rings. The molecule has 2 N–H and O–H groups in total. The zero-order valence-electron chi connectivity index (χ0n) is 9.89. The summed E-state index contributed by atoms with van der Waals surface area (Å²) in [5, 5.41) is 0.491. The number of aromatic nitrogens is 1. The van der Waals surface area contributed by atoms with Gasteiger partial charge in [0.05, 0.1) is 12.1 Å². The van der Waals surface area contributed by atoms with Crippen molar-refractivity contribution in [2.24, 2.45) is 5.73 Å². The van der Waals surface area contributed by atoms with Crippen LogP contribution in [0.1, 0.15) is 5.56 Å². The van der Waals surface area contributed by atoms with Gasteiger partial charge in [0.15, 0.2) is 5.75 Å². The highest BCUT2D eigenvalue weighted by Crippen LogP contribution is 2.33. The van der Waals surface area contributed by atoms with Crippen molar-refractivity contribution in [2.75, 3.05) is 7.11 Å².